The molecule has 1 unspecified atom stereocenters. The molecule has 0 saturated heterocycles. The van der Waals surface area contributed by atoms with Gasteiger partial charge >= 0.3 is 32.7 Å². The minimum Gasteiger partial charge on any atom is -0.654 e. The van der Waals surface area contributed by atoms with Gasteiger partial charge in [-0.1, -0.05) is 6.92 Å². The Labute approximate surface area is 62.1 Å². The molecule has 0 radical (unpaired) electrons. The summed E-state index contributed by atoms with van der Waals surface area (Å²) in [4.78, 5) is 0. The quantitative estimate of drug-likeness (QED) is 0.565. The van der Waals surface area contributed by atoms with Crippen molar-refractivity contribution in [2.24, 2.45) is 5.11 Å². The van der Waals surface area contributed by atoms with Crippen molar-refractivity contribution in [3.8, 4) is 0 Å². The maximum atomic E-state index is 6.47. The third-order valence-electron chi connectivity index (χ3n) is 0.194. The Morgan fingerprint density at radius 1 is 1.83 bits per heavy atom. The predicted octanol–water partition coefficient (Wildman–Crippen LogP) is 1.41. The molecule has 0 saturated carbocycles. The van der Waals surface area contributed by atoms with Gasteiger partial charge < -0.3 is 5.73 Å². The number of hydrogen-bond acceptors (Lipinski definition) is 2. The second-order valence-electron chi connectivity index (χ2n) is 0.805. The fourth-order valence-electron chi connectivity index (χ4n) is 0. The molecular formula is C2H6N3Y+2. The van der Waals surface area contributed by atoms with Crippen LogP contribution in [-0.2, 0) is 32.7 Å². The SMILES string of the molecule is CC([NH-])N=N.[Y+3]. The Bertz CT molecular complexity index is 35.8. The van der Waals surface area contributed by atoms with Crippen LogP contribution in [0.25, 0.3) is 5.73 Å². The zero-order valence-corrected chi connectivity index (χ0v) is 6.44. The molecule has 2 N–H and O–H groups in total. The van der Waals surface area contributed by atoms with Crippen LogP contribution in [0.3, 0.4) is 0 Å². The Kier molecular flexibility index (Phi) is 9.28. The molecule has 0 aliphatic carbocycles. The monoisotopic (exact) mass is 161 g/mol. The molecule has 0 rings (SSSR count). The summed E-state index contributed by atoms with van der Waals surface area (Å²) in [7, 11) is 0. The topological polar surface area (TPSA) is 60.0 Å². The summed E-state index contributed by atoms with van der Waals surface area (Å²) in [6.45, 7) is 1.53. The molecule has 0 bridgehead atoms. The molecular weight excluding hydrogens is 155 g/mol. The first-order valence-corrected chi connectivity index (χ1v) is 1.35. The summed E-state index contributed by atoms with van der Waals surface area (Å²) in [5.74, 6) is 0. The van der Waals surface area contributed by atoms with E-state index in [4.69, 9.17) is 11.3 Å². The molecule has 30 valence electrons. The summed E-state index contributed by atoms with van der Waals surface area (Å²) >= 11 is 0. The zero-order chi connectivity index (χ0) is 4.28. The smallest absolute Gasteiger partial charge is 0.654 e. The van der Waals surface area contributed by atoms with E-state index in [1.54, 1.807) is 0 Å². The Morgan fingerprint density at radius 2 is 2.00 bits per heavy atom. The van der Waals surface area contributed by atoms with E-state index in [1.807, 2.05) is 0 Å². The van der Waals surface area contributed by atoms with Crippen LogP contribution >= 0.6 is 0 Å². The van der Waals surface area contributed by atoms with E-state index in [2.05, 4.69) is 5.11 Å². The molecule has 0 aromatic rings. The molecule has 0 spiro atoms. The first-order valence-electron chi connectivity index (χ1n) is 1.35. The van der Waals surface area contributed by atoms with Crippen molar-refractivity contribution in [1.29, 1.82) is 5.53 Å². The Balaban J connectivity index is 0. The van der Waals surface area contributed by atoms with E-state index < -0.39 is 6.17 Å². The first-order chi connectivity index (χ1) is 2.27. The summed E-state index contributed by atoms with van der Waals surface area (Å²) in [6, 6.07) is 0. The fraction of sp³-hybridized carbons (Fsp3) is 1.00. The molecule has 0 aromatic heterocycles. The van der Waals surface area contributed by atoms with E-state index in [9.17, 15) is 0 Å². The van der Waals surface area contributed by atoms with E-state index in [1.165, 1.54) is 6.92 Å². The van der Waals surface area contributed by atoms with Gasteiger partial charge in [-0.3, -0.25) is 0 Å². The van der Waals surface area contributed by atoms with Crippen LogP contribution < -0.4 is 0 Å². The molecule has 0 aromatic carbocycles. The number of rotatable bonds is 1. The fourth-order valence-corrected chi connectivity index (χ4v) is 0. The maximum Gasteiger partial charge on any atom is 3.00 e. The molecule has 0 aliphatic rings. The molecule has 6 heavy (non-hydrogen) atoms. The van der Waals surface area contributed by atoms with Gasteiger partial charge in [0.05, 0.1) is 0 Å². The van der Waals surface area contributed by atoms with Gasteiger partial charge in [0.15, 0.2) is 0 Å². The Morgan fingerprint density at radius 3 is 2.00 bits per heavy atom. The van der Waals surface area contributed by atoms with Crippen molar-refractivity contribution in [2.45, 2.75) is 13.1 Å². The molecule has 3 nitrogen and oxygen atoms in total. The average molecular weight is 161 g/mol. The third-order valence-corrected chi connectivity index (χ3v) is 0.194. The largest absolute Gasteiger partial charge is 3.00 e. The van der Waals surface area contributed by atoms with Crippen molar-refractivity contribution in [2.75, 3.05) is 0 Å². The van der Waals surface area contributed by atoms with Gasteiger partial charge in [-0.15, -0.1) is 0 Å². The second-order valence-corrected chi connectivity index (χ2v) is 0.805. The number of hydrogen-bond donors (Lipinski definition) is 1. The Hall–Kier alpha value is 0.664. The predicted molar refractivity (Wildman–Crippen MR) is 18.9 cm³/mol. The third kappa shape index (κ3) is 8.82. The van der Waals surface area contributed by atoms with Gasteiger partial charge in [0.2, 0.25) is 0 Å². The minimum atomic E-state index is -0.574. The van der Waals surface area contributed by atoms with Crippen molar-refractivity contribution in [3.63, 3.8) is 0 Å². The molecule has 0 aliphatic heterocycles. The zero-order valence-electron chi connectivity index (χ0n) is 3.60. The summed E-state index contributed by atoms with van der Waals surface area (Å²) in [5.41, 5.74) is 12.6. The molecule has 0 heterocycles. The first kappa shape index (κ1) is 9.83. The van der Waals surface area contributed by atoms with Crippen molar-refractivity contribution < 1.29 is 32.7 Å². The van der Waals surface area contributed by atoms with Crippen LogP contribution in [0.2, 0.25) is 0 Å². The van der Waals surface area contributed by atoms with Crippen LogP contribution in [0.4, 0.5) is 0 Å². The van der Waals surface area contributed by atoms with Gasteiger partial charge in [0, 0.05) is 0 Å². The van der Waals surface area contributed by atoms with E-state index >= 15 is 0 Å². The average Bonchev–Trinajstić information content (AvgIpc) is 1.38. The van der Waals surface area contributed by atoms with Gasteiger partial charge in [-0.05, 0) is 6.17 Å². The van der Waals surface area contributed by atoms with Crippen molar-refractivity contribution in [1.82, 2.24) is 0 Å². The second kappa shape index (κ2) is 5.66. The number of nitrogens with one attached hydrogen (secondary N) is 2. The summed E-state index contributed by atoms with van der Waals surface area (Å²) in [6.07, 6.45) is -0.574. The summed E-state index contributed by atoms with van der Waals surface area (Å²) < 4.78 is 0. The molecule has 0 amide bonds. The summed E-state index contributed by atoms with van der Waals surface area (Å²) in [5, 5.41) is 2.81. The van der Waals surface area contributed by atoms with Gasteiger partial charge in [0.25, 0.3) is 0 Å². The van der Waals surface area contributed by atoms with Crippen molar-refractivity contribution >= 4 is 0 Å². The minimum absolute atomic E-state index is 0. The number of nitrogens with zero attached hydrogens (tertiary/aromatic N) is 1. The van der Waals surface area contributed by atoms with E-state index in [0.29, 0.717) is 0 Å². The van der Waals surface area contributed by atoms with Crippen LogP contribution in [0.5, 0.6) is 0 Å². The van der Waals surface area contributed by atoms with Gasteiger partial charge in [-0.2, -0.15) is 0 Å². The molecule has 1 atom stereocenters. The van der Waals surface area contributed by atoms with E-state index in [-0.39, 0.29) is 32.7 Å². The van der Waals surface area contributed by atoms with Crippen LogP contribution in [0.1, 0.15) is 6.92 Å². The van der Waals surface area contributed by atoms with Crippen LogP contribution in [0, 0.1) is 5.53 Å². The van der Waals surface area contributed by atoms with Gasteiger partial charge in [-0.25, -0.2) is 10.6 Å². The van der Waals surface area contributed by atoms with Crippen molar-refractivity contribution in [3.05, 3.63) is 5.73 Å². The standard InChI is InChI=1S/C2H6N3.Y/c1-2(3)5-4;/h2-4H,1H3;/q-1;+3. The normalized spacial score (nSPS) is 11.7. The molecule has 4 heteroatoms. The van der Waals surface area contributed by atoms with Crippen LogP contribution in [-0.4, -0.2) is 6.17 Å². The maximum absolute atomic E-state index is 6.47. The van der Waals surface area contributed by atoms with E-state index in [0.717, 1.165) is 0 Å². The molecule has 0 fully saturated rings. The van der Waals surface area contributed by atoms with Crippen LogP contribution in [0.15, 0.2) is 5.11 Å². The van der Waals surface area contributed by atoms with Gasteiger partial charge in [0.1, 0.15) is 0 Å².